The second-order valence-corrected chi connectivity index (χ2v) is 12.2. The van der Waals surface area contributed by atoms with Crippen LogP contribution in [0.2, 0.25) is 0 Å². The molecule has 0 bridgehead atoms. The molecule has 176 valence electrons. The molecular formula is C22H33N5O4S. The molecule has 0 aromatic carbocycles. The number of hydrogen-bond donors (Lipinski definition) is 1. The normalized spacial score (nSPS) is 24.5. The largest absolute Gasteiger partial charge is 0.478 e. The van der Waals surface area contributed by atoms with Crippen LogP contribution < -0.4 is 15.4 Å². The van der Waals surface area contributed by atoms with E-state index in [-0.39, 0.29) is 15.8 Å². The molecule has 2 atom stereocenters. The molecule has 32 heavy (non-hydrogen) atoms. The fraction of sp³-hybridized carbons (Fsp3) is 0.682. The van der Waals surface area contributed by atoms with E-state index in [1.165, 1.54) is 12.3 Å². The van der Waals surface area contributed by atoms with E-state index >= 15 is 0 Å². The molecule has 1 saturated carbocycles. The van der Waals surface area contributed by atoms with Crippen LogP contribution in [0.15, 0.2) is 27.7 Å². The number of aromatic nitrogens is 3. The lowest BCUT2D eigenvalue weighted by atomic mass is 9.86. The summed E-state index contributed by atoms with van der Waals surface area (Å²) in [7, 11) is -3.25. The number of nitrogens with two attached hydrogens (primary N) is 1. The third-order valence-electron chi connectivity index (χ3n) is 6.65. The van der Waals surface area contributed by atoms with Crippen molar-refractivity contribution in [2.45, 2.75) is 62.3 Å². The molecule has 1 saturated heterocycles. The lowest BCUT2D eigenvalue weighted by molar-refractivity contribution is 0.262. The summed E-state index contributed by atoms with van der Waals surface area (Å²) in [5.74, 6) is 2.68. The Morgan fingerprint density at radius 1 is 1.28 bits per heavy atom. The fourth-order valence-corrected chi connectivity index (χ4v) is 5.04. The van der Waals surface area contributed by atoms with Gasteiger partial charge in [0.05, 0.1) is 11.5 Å². The molecule has 0 spiro atoms. The zero-order valence-corrected chi connectivity index (χ0v) is 20.1. The highest BCUT2D eigenvalue weighted by Gasteiger charge is 2.55. The molecule has 0 radical (unpaired) electrons. The molecule has 2 unspecified atom stereocenters. The number of rotatable bonds is 7. The molecule has 4 rings (SSSR count). The number of hydrogen-bond acceptors (Lipinski definition) is 9. The summed E-state index contributed by atoms with van der Waals surface area (Å²) in [6.07, 6.45) is 6.40. The number of sulfone groups is 1. The maximum atomic E-state index is 11.5. The molecule has 2 fully saturated rings. The van der Waals surface area contributed by atoms with Gasteiger partial charge in [0, 0.05) is 42.6 Å². The van der Waals surface area contributed by atoms with Crippen molar-refractivity contribution in [3.8, 4) is 5.88 Å². The van der Waals surface area contributed by atoms with Crippen LogP contribution in [0.4, 0.5) is 5.95 Å². The molecule has 9 nitrogen and oxygen atoms in total. The lowest BCUT2D eigenvalue weighted by Crippen LogP contribution is -2.44. The molecule has 2 N–H and O–H groups in total. The van der Waals surface area contributed by atoms with Gasteiger partial charge in [0.25, 0.3) is 5.95 Å². The average molecular weight is 464 g/mol. The van der Waals surface area contributed by atoms with Gasteiger partial charge in [-0.25, -0.2) is 13.4 Å². The molecule has 10 heteroatoms. The van der Waals surface area contributed by atoms with Crippen LogP contribution in [-0.4, -0.2) is 55.0 Å². The first kappa shape index (κ1) is 23.0. The highest BCUT2D eigenvalue weighted by atomic mass is 32.2. The number of ether oxygens (including phenoxy) is 1. The van der Waals surface area contributed by atoms with E-state index < -0.39 is 9.84 Å². The highest BCUT2D eigenvalue weighted by Crippen LogP contribution is 2.52. The number of piperidine rings is 1. The number of pyridine rings is 1. The van der Waals surface area contributed by atoms with Gasteiger partial charge in [0.15, 0.2) is 9.84 Å². The summed E-state index contributed by atoms with van der Waals surface area (Å²) in [5.41, 5.74) is 6.47. The summed E-state index contributed by atoms with van der Waals surface area (Å²) < 4.78 is 34.2. The van der Waals surface area contributed by atoms with Gasteiger partial charge in [-0.1, -0.05) is 20.8 Å². The molecule has 1 aliphatic heterocycles. The van der Waals surface area contributed by atoms with Crippen LogP contribution in [0.5, 0.6) is 5.88 Å². The van der Waals surface area contributed by atoms with Crippen molar-refractivity contribution in [1.29, 1.82) is 0 Å². The highest BCUT2D eigenvalue weighted by molar-refractivity contribution is 7.90. The Morgan fingerprint density at radius 2 is 2.00 bits per heavy atom. The zero-order valence-electron chi connectivity index (χ0n) is 19.2. The Labute approximate surface area is 189 Å². The van der Waals surface area contributed by atoms with Gasteiger partial charge in [-0.05, 0) is 48.7 Å². The van der Waals surface area contributed by atoms with Gasteiger partial charge in [-0.3, -0.25) is 0 Å². The Kier molecular flexibility index (Phi) is 5.96. The van der Waals surface area contributed by atoms with Crippen molar-refractivity contribution in [2.24, 2.45) is 17.6 Å². The quantitative estimate of drug-likeness (QED) is 0.659. The van der Waals surface area contributed by atoms with Crippen LogP contribution >= 0.6 is 0 Å². The second-order valence-electron chi connectivity index (χ2n) is 10.2. The topological polar surface area (TPSA) is 124 Å². The van der Waals surface area contributed by atoms with E-state index in [9.17, 15) is 8.42 Å². The molecule has 2 aromatic heterocycles. The van der Waals surface area contributed by atoms with Crippen LogP contribution in [-0.2, 0) is 15.3 Å². The summed E-state index contributed by atoms with van der Waals surface area (Å²) in [5, 5.41) is 4.16. The monoisotopic (exact) mass is 463 g/mol. The van der Waals surface area contributed by atoms with E-state index in [0.717, 1.165) is 45.0 Å². The Bertz CT molecular complexity index is 1040. The average Bonchev–Trinajstić information content (AvgIpc) is 3.14. The minimum atomic E-state index is -3.25. The Hall–Kier alpha value is -2.20. The van der Waals surface area contributed by atoms with Crippen LogP contribution in [0, 0.1) is 11.8 Å². The van der Waals surface area contributed by atoms with Gasteiger partial charge in [-0.2, -0.15) is 4.98 Å². The first-order valence-corrected chi connectivity index (χ1v) is 13.0. The van der Waals surface area contributed by atoms with Gasteiger partial charge >= 0.3 is 0 Å². The van der Waals surface area contributed by atoms with Crippen LogP contribution in [0.1, 0.15) is 52.3 Å². The summed E-state index contributed by atoms with van der Waals surface area (Å²) >= 11 is 0. The molecule has 3 heterocycles. The van der Waals surface area contributed by atoms with Crippen molar-refractivity contribution in [3.63, 3.8) is 0 Å². The first-order valence-electron chi connectivity index (χ1n) is 11.1. The predicted molar refractivity (Wildman–Crippen MR) is 120 cm³/mol. The predicted octanol–water partition coefficient (Wildman–Crippen LogP) is 2.57. The minimum absolute atomic E-state index is 0.128. The van der Waals surface area contributed by atoms with E-state index in [4.69, 9.17) is 15.0 Å². The van der Waals surface area contributed by atoms with Gasteiger partial charge < -0.3 is 19.9 Å². The van der Waals surface area contributed by atoms with Gasteiger partial charge in [-0.15, -0.1) is 0 Å². The summed E-state index contributed by atoms with van der Waals surface area (Å²) in [4.78, 5) is 11.0. The van der Waals surface area contributed by atoms with E-state index in [1.807, 2.05) is 0 Å². The molecular weight excluding hydrogens is 430 g/mol. The van der Waals surface area contributed by atoms with E-state index in [2.05, 4.69) is 40.8 Å². The van der Waals surface area contributed by atoms with Crippen LogP contribution in [0.3, 0.4) is 0 Å². The maximum absolute atomic E-state index is 11.5. The van der Waals surface area contributed by atoms with Crippen LogP contribution in [0.25, 0.3) is 0 Å². The van der Waals surface area contributed by atoms with Gasteiger partial charge in [0.2, 0.25) is 11.8 Å². The minimum Gasteiger partial charge on any atom is -0.478 e. The Balaban J connectivity index is 1.23. The summed E-state index contributed by atoms with van der Waals surface area (Å²) in [6, 6.07) is 3.11. The van der Waals surface area contributed by atoms with E-state index in [0.29, 0.717) is 36.2 Å². The Morgan fingerprint density at radius 3 is 2.56 bits per heavy atom. The van der Waals surface area contributed by atoms with Gasteiger partial charge in [0.1, 0.15) is 0 Å². The lowest BCUT2D eigenvalue weighted by Gasteiger charge is -2.34. The number of anilines is 1. The van der Waals surface area contributed by atoms with Crippen molar-refractivity contribution in [2.75, 3.05) is 30.9 Å². The molecule has 2 aromatic rings. The SMILES string of the molecule is CC(C)(C)c1nc(N2CCC(C3(N)CC3CCOc3ccc(S(C)(=O)=O)cn3)CC2)no1. The van der Waals surface area contributed by atoms with Crippen molar-refractivity contribution in [1.82, 2.24) is 15.1 Å². The molecule has 2 aliphatic rings. The van der Waals surface area contributed by atoms with E-state index in [1.54, 1.807) is 6.07 Å². The third-order valence-corrected chi connectivity index (χ3v) is 7.75. The fourth-order valence-electron chi connectivity index (χ4n) is 4.48. The number of nitrogens with zero attached hydrogens (tertiary/aromatic N) is 4. The standard InChI is InChI=1S/C22H33N5O4S/c1-21(2,3)19-25-20(26-31-19)27-10-7-15(8-11-27)22(23)13-16(22)9-12-30-18-6-5-17(14-24-18)32(4,28)29/h5-6,14-16H,7-13,23H2,1-4H3. The third kappa shape index (κ3) is 4.91. The maximum Gasteiger partial charge on any atom is 0.266 e. The zero-order chi connectivity index (χ0) is 23.1. The second kappa shape index (κ2) is 8.30. The summed E-state index contributed by atoms with van der Waals surface area (Å²) in [6.45, 7) is 8.47. The smallest absolute Gasteiger partial charge is 0.266 e. The van der Waals surface area contributed by atoms with Crippen molar-refractivity contribution in [3.05, 3.63) is 24.2 Å². The van der Waals surface area contributed by atoms with Crippen molar-refractivity contribution < 1.29 is 17.7 Å². The molecule has 0 amide bonds. The molecule has 1 aliphatic carbocycles. The van der Waals surface area contributed by atoms with Crippen molar-refractivity contribution >= 4 is 15.8 Å². The first-order chi connectivity index (χ1) is 15.0.